The van der Waals surface area contributed by atoms with Gasteiger partial charge in [-0.3, -0.25) is 9.59 Å². The van der Waals surface area contributed by atoms with E-state index in [1.165, 1.54) is 24.2 Å². The summed E-state index contributed by atoms with van der Waals surface area (Å²) in [4.78, 5) is 24.6. The molecule has 0 unspecified atom stereocenters. The summed E-state index contributed by atoms with van der Waals surface area (Å²) < 4.78 is 6.52. The molecule has 0 fully saturated rings. The first kappa shape index (κ1) is 21.9. The van der Waals surface area contributed by atoms with Gasteiger partial charge in [0.15, 0.2) is 5.75 Å². The van der Waals surface area contributed by atoms with Crippen molar-refractivity contribution in [1.82, 2.24) is 15.1 Å². The highest BCUT2D eigenvalue weighted by Gasteiger charge is 2.12. The average molecular weight is 412 g/mol. The third-order valence-electron chi connectivity index (χ3n) is 4.03. The van der Waals surface area contributed by atoms with Crippen LogP contribution in [0.1, 0.15) is 12.5 Å². The summed E-state index contributed by atoms with van der Waals surface area (Å²) in [5.41, 5.74) is 2.10. The summed E-state index contributed by atoms with van der Waals surface area (Å²) >= 11 is 5.96. The highest BCUT2D eigenvalue weighted by Crippen LogP contribution is 2.25. The van der Waals surface area contributed by atoms with E-state index in [-0.39, 0.29) is 11.5 Å². The van der Waals surface area contributed by atoms with Gasteiger partial charge in [0.1, 0.15) is 0 Å². The minimum Gasteiger partial charge on any atom is -0.494 e. The predicted octanol–water partition coefficient (Wildman–Crippen LogP) is 3.80. The highest BCUT2D eigenvalue weighted by molar-refractivity contribution is 6.32. The predicted molar refractivity (Wildman–Crippen MR) is 117 cm³/mol. The van der Waals surface area contributed by atoms with Crippen LogP contribution in [-0.4, -0.2) is 22.8 Å². The molecule has 29 heavy (non-hydrogen) atoms. The van der Waals surface area contributed by atoms with Gasteiger partial charge in [-0.2, -0.15) is 5.10 Å². The summed E-state index contributed by atoms with van der Waals surface area (Å²) in [6.07, 6.45) is 9.57. The zero-order valence-electron chi connectivity index (χ0n) is 16.5. The Morgan fingerprint density at radius 2 is 2.00 bits per heavy atom. The van der Waals surface area contributed by atoms with Crippen molar-refractivity contribution >= 4 is 23.6 Å². The van der Waals surface area contributed by atoms with Gasteiger partial charge in [-0.15, -0.1) is 0 Å². The van der Waals surface area contributed by atoms with Gasteiger partial charge in [0.2, 0.25) is 0 Å². The molecule has 0 spiro atoms. The van der Waals surface area contributed by atoms with Gasteiger partial charge in [0.05, 0.1) is 24.4 Å². The maximum absolute atomic E-state index is 12.4. The summed E-state index contributed by atoms with van der Waals surface area (Å²) in [5, 5.41) is 7.01. The first-order valence-corrected chi connectivity index (χ1v) is 9.10. The van der Waals surface area contributed by atoms with E-state index < -0.39 is 0 Å². The number of benzene rings is 1. The zero-order valence-corrected chi connectivity index (χ0v) is 17.2. The number of ether oxygens (including phenoxy) is 1. The SMILES string of the molecule is C=C/C=C\C(C(=O)NC=Cc1ccc(-c2c(OC)cnn(C)c2=O)cc1)=C(/C)Cl. The van der Waals surface area contributed by atoms with E-state index in [1.54, 1.807) is 38.3 Å². The molecule has 1 aromatic carbocycles. The fourth-order valence-electron chi connectivity index (χ4n) is 2.51. The molecule has 1 amide bonds. The van der Waals surface area contributed by atoms with E-state index >= 15 is 0 Å². The van der Waals surface area contributed by atoms with Crippen LogP contribution in [0.5, 0.6) is 5.75 Å². The fraction of sp³-hybridized carbons (Fsp3) is 0.136. The topological polar surface area (TPSA) is 73.2 Å². The Balaban J connectivity index is 2.18. The molecule has 0 aliphatic rings. The Morgan fingerprint density at radius 3 is 2.59 bits per heavy atom. The third-order valence-corrected chi connectivity index (χ3v) is 4.23. The van der Waals surface area contributed by atoms with Crippen molar-refractivity contribution < 1.29 is 9.53 Å². The maximum Gasteiger partial charge on any atom is 0.278 e. The molecule has 0 atom stereocenters. The van der Waals surface area contributed by atoms with E-state index in [4.69, 9.17) is 16.3 Å². The molecule has 1 heterocycles. The second kappa shape index (κ2) is 10.2. The number of carbonyl (C=O) groups excluding carboxylic acids is 1. The zero-order chi connectivity index (χ0) is 21.4. The molecular formula is C22H22ClN3O3. The molecular weight excluding hydrogens is 390 g/mol. The Labute approximate surface area is 174 Å². The number of aromatic nitrogens is 2. The number of nitrogens with one attached hydrogen (secondary N) is 1. The smallest absolute Gasteiger partial charge is 0.278 e. The summed E-state index contributed by atoms with van der Waals surface area (Å²) in [6, 6.07) is 7.28. The van der Waals surface area contributed by atoms with Gasteiger partial charge in [-0.25, -0.2) is 4.68 Å². The first-order valence-electron chi connectivity index (χ1n) is 8.72. The van der Waals surface area contributed by atoms with Crippen LogP contribution in [0.25, 0.3) is 17.2 Å². The standard InChI is InChI=1S/C22H22ClN3O3/c1-5-6-7-18(15(2)23)21(27)24-13-12-16-8-10-17(11-9-16)20-19(29-4)14-25-26(3)22(20)28/h5-14H,1H2,2-4H3,(H,24,27)/b7-6-,13-12?,18-15-. The molecule has 0 saturated heterocycles. The van der Waals surface area contributed by atoms with Gasteiger partial charge < -0.3 is 10.1 Å². The van der Waals surface area contributed by atoms with Crippen LogP contribution in [0.4, 0.5) is 0 Å². The summed E-state index contributed by atoms with van der Waals surface area (Å²) in [7, 11) is 3.08. The second-order valence-corrected chi connectivity index (χ2v) is 6.55. The number of hydrogen-bond acceptors (Lipinski definition) is 4. The lowest BCUT2D eigenvalue weighted by Crippen LogP contribution is -2.21. The van der Waals surface area contributed by atoms with Crippen molar-refractivity contribution in [2.75, 3.05) is 7.11 Å². The van der Waals surface area contributed by atoms with Gasteiger partial charge >= 0.3 is 0 Å². The normalized spacial score (nSPS) is 12.1. The average Bonchev–Trinajstić information content (AvgIpc) is 2.70. The van der Waals surface area contributed by atoms with Crippen molar-refractivity contribution in [2.24, 2.45) is 7.05 Å². The Kier molecular flexibility index (Phi) is 7.74. The van der Waals surface area contributed by atoms with Crippen molar-refractivity contribution in [3.8, 4) is 16.9 Å². The molecule has 0 aliphatic heterocycles. The molecule has 1 aromatic heterocycles. The number of allylic oxidation sites excluding steroid dienone is 3. The maximum atomic E-state index is 12.4. The lowest BCUT2D eigenvalue weighted by atomic mass is 10.0. The lowest BCUT2D eigenvalue weighted by Gasteiger charge is -2.09. The largest absolute Gasteiger partial charge is 0.494 e. The number of rotatable bonds is 7. The van der Waals surface area contributed by atoms with E-state index in [0.29, 0.717) is 27.5 Å². The monoisotopic (exact) mass is 411 g/mol. The number of methoxy groups -OCH3 is 1. The van der Waals surface area contributed by atoms with Crippen molar-refractivity contribution in [1.29, 1.82) is 0 Å². The van der Waals surface area contributed by atoms with Crippen molar-refractivity contribution in [3.63, 3.8) is 0 Å². The minimum atomic E-state index is -0.325. The van der Waals surface area contributed by atoms with E-state index in [9.17, 15) is 9.59 Å². The molecule has 2 aromatic rings. The van der Waals surface area contributed by atoms with Gasteiger partial charge in [-0.1, -0.05) is 54.6 Å². The van der Waals surface area contributed by atoms with Crippen LogP contribution >= 0.6 is 11.6 Å². The lowest BCUT2D eigenvalue weighted by molar-refractivity contribution is -0.116. The molecule has 0 aliphatic carbocycles. The molecule has 1 N–H and O–H groups in total. The van der Waals surface area contributed by atoms with Crippen molar-refractivity contribution in [2.45, 2.75) is 6.92 Å². The van der Waals surface area contributed by atoms with Crippen LogP contribution in [0.3, 0.4) is 0 Å². The number of amides is 1. The van der Waals surface area contributed by atoms with Crippen LogP contribution in [0, 0.1) is 0 Å². The third kappa shape index (κ3) is 5.56. The van der Waals surface area contributed by atoms with Crippen LogP contribution in [0.2, 0.25) is 0 Å². The number of hydrogen-bond donors (Lipinski definition) is 1. The Morgan fingerprint density at radius 1 is 1.31 bits per heavy atom. The molecule has 150 valence electrons. The molecule has 0 saturated carbocycles. The van der Waals surface area contributed by atoms with Gasteiger partial charge in [0.25, 0.3) is 11.5 Å². The second-order valence-electron chi connectivity index (χ2n) is 5.99. The minimum absolute atomic E-state index is 0.247. The first-order chi connectivity index (χ1) is 13.9. The molecule has 0 bridgehead atoms. The highest BCUT2D eigenvalue weighted by atomic mass is 35.5. The van der Waals surface area contributed by atoms with E-state index in [0.717, 1.165) is 5.56 Å². The number of halogens is 1. The summed E-state index contributed by atoms with van der Waals surface area (Å²) in [6.45, 7) is 5.22. The molecule has 2 rings (SSSR count). The van der Waals surface area contributed by atoms with Crippen LogP contribution in [-0.2, 0) is 11.8 Å². The Bertz CT molecular complexity index is 1040. The van der Waals surface area contributed by atoms with Crippen molar-refractivity contribution in [3.05, 3.63) is 88.0 Å². The number of carbonyl (C=O) groups is 1. The van der Waals surface area contributed by atoms with Crippen LogP contribution in [0.15, 0.2) is 76.9 Å². The molecule has 0 radical (unpaired) electrons. The number of nitrogens with zero attached hydrogens (tertiary/aromatic N) is 2. The number of aryl methyl sites for hydroxylation is 1. The molecule has 7 heteroatoms. The fourth-order valence-corrected chi connectivity index (χ4v) is 2.66. The quantitative estimate of drug-likeness (QED) is 0.555. The van der Waals surface area contributed by atoms with Crippen LogP contribution < -0.4 is 15.6 Å². The Hall–Kier alpha value is -3.38. The van der Waals surface area contributed by atoms with E-state index in [2.05, 4.69) is 17.0 Å². The van der Waals surface area contributed by atoms with E-state index in [1.807, 2.05) is 24.3 Å². The summed E-state index contributed by atoms with van der Waals surface area (Å²) in [5.74, 6) is 0.0838. The molecule has 6 nitrogen and oxygen atoms in total. The van der Waals surface area contributed by atoms with Gasteiger partial charge in [0, 0.05) is 18.3 Å². The van der Waals surface area contributed by atoms with Gasteiger partial charge in [-0.05, 0) is 30.2 Å².